The maximum Gasteiger partial charge on any atom is 0.262 e. The molecule has 3 N–H and O–H groups in total. The lowest BCUT2D eigenvalue weighted by molar-refractivity contribution is -0.118. The van der Waals surface area contributed by atoms with Crippen molar-refractivity contribution in [1.82, 2.24) is 0 Å². The number of carbonyl (C=O) groups is 1. The summed E-state index contributed by atoms with van der Waals surface area (Å²) in [5.41, 5.74) is 8.26. The SMILES string of the molecule is CCCc1ccccc1NC(=O)COc1ccccc1N. The van der Waals surface area contributed by atoms with Gasteiger partial charge in [0.15, 0.2) is 6.61 Å². The van der Waals surface area contributed by atoms with E-state index in [-0.39, 0.29) is 12.5 Å². The predicted octanol–water partition coefficient (Wildman–Crippen LogP) is 3.24. The molecule has 0 saturated heterocycles. The van der Waals surface area contributed by atoms with Gasteiger partial charge in [0.05, 0.1) is 5.69 Å². The third kappa shape index (κ3) is 4.24. The topological polar surface area (TPSA) is 64.3 Å². The van der Waals surface area contributed by atoms with E-state index in [0.717, 1.165) is 24.1 Å². The molecular formula is C17H20N2O2. The molecule has 0 aromatic heterocycles. The third-order valence-corrected chi connectivity index (χ3v) is 3.09. The molecule has 0 aliphatic heterocycles. The van der Waals surface area contributed by atoms with Crippen molar-refractivity contribution in [3.8, 4) is 5.75 Å². The number of para-hydroxylation sites is 3. The van der Waals surface area contributed by atoms with Crippen LogP contribution < -0.4 is 15.8 Å². The van der Waals surface area contributed by atoms with E-state index < -0.39 is 0 Å². The molecule has 2 aromatic rings. The Labute approximate surface area is 124 Å². The number of nitrogen functional groups attached to an aromatic ring is 1. The number of benzene rings is 2. The van der Waals surface area contributed by atoms with E-state index in [1.807, 2.05) is 36.4 Å². The summed E-state index contributed by atoms with van der Waals surface area (Å²) in [6.45, 7) is 2.05. The van der Waals surface area contributed by atoms with Crippen LogP contribution in [0.25, 0.3) is 0 Å². The van der Waals surface area contributed by atoms with Crippen LogP contribution in [0.1, 0.15) is 18.9 Å². The van der Waals surface area contributed by atoms with Gasteiger partial charge >= 0.3 is 0 Å². The number of aryl methyl sites for hydroxylation is 1. The van der Waals surface area contributed by atoms with Gasteiger partial charge in [-0.25, -0.2) is 0 Å². The average molecular weight is 284 g/mol. The van der Waals surface area contributed by atoms with Gasteiger partial charge in [0, 0.05) is 5.69 Å². The Morgan fingerprint density at radius 1 is 1.14 bits per heavy atom. The summed E-state index contributed by atoms with van der Waals surface area (Å²) in [7, 11) is 0. The molecule has 1 amide bonds. The third-order valence-electron chi connectivity index (χ3n) is 3.09. The number of amides is 1. The highest BCUT2D eigenvalue weighted by Crippen LogP contribution is 2.20. The van der Waals surface area contributed by atoms with Crippen LogP contribution in [0.4, 0.5) is 11.4 Å². The number of hydrogen-bond acceptors (Lipinski definition) is 3. The lowest BCUT2D eigenvalue weighted by Crippen LogP contribution is -2.21. The summed E-state index contributed by atoms with van der Waals surface area (Å²) in [4.78, 5) is 12.0. The molecule has 0 heterocycles. The Kier molecular flexibility index (Phi) is 5.21. The van der Waals surface area contributed by atoms with Crippen LogP contribution in [-0.4, -0.2) is 12.5 Å². The van der Waals surface area contributed by atoms with Crippen molar-refractivity contribution in [2.45, 2.75) is 19.8 Å². The van der Waals surface area contributed by atoms with Crippen molar-refractivity contribution in [1.29, 1.82) is 0 Å². The molecule has 21 heavy (non-hydrogen) atoms. The van der Waals surface area contributed by atoms with E-state index in [4.69, 9.17) is 10.5 Å². The van der Waals surface area contributed by atoms with Gasteiger partial charge < -0.3 is 15.8 Å². The van der Waals surface area contributed by atoms with Crippen LogP contribution in [0.2, 0.25) is 0 Å². The van der Waals surface area contributed by atoms with Gasteiger partial charge in [-0.2, -0.15) is 0 Å². The van der Waals surface area contributed by atoms with Gasteiger partial charge in [-0.3, -0.25) is 4.79 Å². The van der Waals surface area contributed by atoms with Crippen LogP contribution in [0.5, 0.6) is 5.75 Å². The summed E-state index contributed by atoms with van der Waals surface area (Å²) in [6.07, 6.45) is 1.97. The molecule has 0 aliphatic rings. The lowest BCUT2D eigenvalue weighted by Gasteiger charge is -2.12. The molecule has 4 nitrogen and oxygen atoms in total. The Hall–Kier alpha value is -2.49. The Balaban J connectivity index is 1.95. The van der Waals surface area contributed by atoms with E-state index in [1.54, 1.807) is 12.1 Å². The van der Waals surface area contributed by atoms with Crippen LogP contribution in [0.15, 0.2) is 48.5 Å². The second kappa shape index (κ2) is 7.33. The number of anilines is 2. The zero-order chi connectivity index (χ0) is 15.1. The van der Waals surface area contributed by atoms with Crippen molar-refractivity contribution in [2.24, 2.45) is 0 Å². The van der Waals surface area contributed by atoms with Crippen molar-refractivity contribution in [2.75, 3.05) is 17.7 Å². The van der Waals surface area contributed by atoms with Gasteiger partial charge in [0.2, 0.25) is 0 Å². The largest absolute Gasteiger partial charge is 0.482 e. The summed E-state index contributed by atoms with van der Waals surface area (Å²) < 4.78 is 5.43. The van der Waals surface area contributed by atoms with E-state index in [0.29, 0.717) is 11.4 Å². The molecule has 0 atom stereocenters. The number of nitrogens with one attached hydrogen (secondary N) is 1. The maximum atomic E-state index is 12.0. The smallest absolute Gasteiger partial charge is 0.262 e. The number of rotatable bonds is 6. The van der Waals surface area contributed by atoms with Gasteiger partial charge in [-0.05, 0) is 30.2 Å². The van der Waals surface area contributed by atoms with Crippen LogP contribution >= 0.6 is 0 Å². The molecule has 0 bridgehead atoms. The highest BCUT2D eigenvalue weighted by Gasteiger charge is 2.08. The summed E-state index contributed by atoms with van der Waals surface area (Å²) in [6, 6.07) is 14.9. The fraction of sp³-hybridized carbons (Fsp3) is 0.235. The van der Waals surface area contributed by atoms with E-state index in [1.165, 1.54) is 0 Å². The summed E-state index contributed by atoms with van der Waals surface area (Å²) >= 11 is 0. The van der Waals surface area contributed by atoms with Crippen molar-refractivity contribution >= 4 is 17.3 Å². The summed E-state index contributed by atoms with van der Waals surface area (Å²) in [5.74, 6) is 0.330. The van der Waals surface area contributed by atoms with E-state index >= 15 is 0 Å². The minimum atomic E-state index is -0.193. The number of nitrogens with two attached hydrogens (primary N) is 1. The highest BCUT2D eigenvalue weighted by molar-refractivity contribution is 5.92. The van der Waals surface area contributed by atoms with Crippen LogP contribution in [0, 0.1) is 0 Å². The minimum absolute atomic E-state index is 0.0608. The number of carbonyl (C=O) groups excluding carboxylic acids is 1. The fourth-order valence-electron chi connectivity index (χ4n) is 2.07. The number of ether oxygens (including phenoxy) is 1. The fourth-order valence-corrected chi connectivity index (χ4v) is 2.07. The van der Waals surface area contributed by atoms with Crippen LogP contribution in [-0.2, 0) is 11.2 Å². The first-order chi connectivity index (χ1) is 10.2. The van der Waals surface area contributed by atoms with E-state index in [9.17, 15) is 4.79 Å². The predicted molar refractivity (Wildman–Crippen MR) is 85.4 cm³/mol. The maximum absolute atomic E-state index is 12.0. The second-order valence-electron chi connectivity index (χ2n) is 4.78. The molecule has 2 aromatic carbocycles. The van der Waals surface area contributed by atoms with E-state index in [2.05, 4.69) is 12.2 Å². The zero-order valence-electron chi connectivity index (χ0n) is 12.1. The monoisotopic (exact) mass is 284 g/mol. The normalized spacial score (nSPS) is 10.1. The Bertz CT molecular complexity index is 611. The second-order valence-corrected chi connectivity index (χ2v) is 4.78. The first kappa shape index (κ1) is 14.9. The molecule has 110 valence electrons. The van der Waals surface area contributed by atoms with Crippen molar-refractivity contribution in [3.05, 3.63) is 54.1 Å². The average Bonchev–Trinajstić information content (AvgIpc) is 2.49. The number of hydrogen-bond donors (Lipinski definition) is 2. The highest BCUT2D eigenvalue weighted by atomic mass is 16.5. The molecule has 2 rings (SSSR count). The van der Waals surface area contributed by atoms with Crippen molar-refractivity contribution < 1.29 is 9.53 Å². The minimum Gasteiger partial charge on any atom is -0.482 e. The Morgan fingerprint density at radius 2 is 1.86 bits per heavy atom. The molecule has 0 spiro atoms. The molecule has 0 unspecified atom stereocenters. The first-order valence-electron chi connectivity index (χ1n) is 7.05. The Morgan fingerprint density at radius 3 is 2.62 bits per heavy atom. The molecular weight excluding hydrogens is 264 g/mol. The van der Waals surface area contributed by atoms with Gasteiger partial charge in [0.1, 0.15) is 5.75 Å². The molecule has 4 heteroatoms. The van der Waals surface area contributed by atoms with Gasteiger partial charge in [-0.1, -0.05) is 43.7 Å². The molecule has 0 fully saturated rings. The van der Waals surface area contributed by atoms with Crippen molar-refractivity contribution in [3.63, 3.8) is 0 Å². The summed E-state index contributed by atoms with van der Waals surface area (Å²) in [5, 5.41) is 2.88. The van der Waals surface area contributed by atoms with Crippen LogP contribution in [0.3, 0.4) is 0 Å². The molecule has 0 saturated carbocycles. The first-order valence-corrected chi connectivity index (χ1v) is 7.05. The molecule has 0 radical (unpaired) electrons. The quantitative estimate of drug-likeness (QED) is 0.800. The molecule has 0 aliphatic carbocycles. The van der Waals surface area contributed by atoms with Gasteiger partial charge in [0.25, 0.3) is 5.91 Å². The van der Waals surface area contributed by atoms with Gasteiger partial charge in [-0.15, -0.1) is 0 Å². The lowest BCUT2D eigenvalue weighted by atomic mass is 10.1. The standard InChI is InChI=1S/C17H20N2O2/c1-2-7-13-8-3-5-10-15(13)19-17(20)12-21-16-11-6-4-9-14(16)18/h3-6,8-11H,2,7,12,18H2,1H3,(H,19,20). The zero-order valence-corrected chi connectivity index (χ0v) is 12.1.